The number of nitrogen functional groups attached to an aromatic ring is 1. The molecule has 0 fully saturated rings. The quantitative estimate of drug-likeness (QED) is 0.930. The fourth-order valence-electron chi connectivity index (χ4n) is 1.43. The molecule has 0 amide bonds. The van der Waals surface area contributed by atoms with Gasteiger partial charge in [0, 0.05) is 11.6 Å². The van der Waals surface area contributed by atoms with Crippen molar-refractivity contribution in [2.45, 2.75) is 6.18 Å². The maximum Gasteiger partial charge on any atom is 0.422 e. The lowest BCUT2D eigenvalue weighted by molar-refractivity contribution is -0.154. The maximum absolute atomic E-state index is 12.1. The van der Waals surface area contributed by atoms with Gasteiger partial charge in [-0.3, -0.25) is 0 Å². The average Bonchev–Trinajstić information content (AvgIpc) is 2.36. The highest BCUT2D eigenvalue weighted by molar-refractivity contribution is 5.61. The van der Waals surface area contributed by atoms with Crippen molar-refractivity contribution in [3.05, 3.63) is 36.4 Å². The molecule has 0 aliphatic rings. The molecule has 2 aromatic rings. The van der Waals surface area contributed by atoms with E-state index < -0.39 is 12.8 Å². The van der Waals surface area contributed by atoms with Crippen LogP contribution in [0.3, 0.4) is 0 Å². The Labute approximate surface area is 107 Å². The van der Waals surface area contributed by atoms with Crippen molar-refractivity contribution in [1.82, 2.24) is 9.97 Å². The molecule has 0 unspecified atom stereocenters. The number of benzene rings is 1. The monoisotopic (exact) mass is 269 g/mol. The number of aromatic nitrogens is 2. The SMILES string of the molecule is Nc1nc(OCC(F)(F)F)cc(-c2ccccc2)n1. The summed E-state index contributed by atoms with van der Waals surface area (Å²) in [5.74, 6) is -0.345. The first-order valence-electron chi connectivity index (χ1n) is 5.33. The van der Waals surface area contributed by atoms with Gasteiger partial charge in [-0.15, -0.1) is 0 Å². The molecule has 0 atom stereocenters. The van der Waals surface area contributed by atoms with Gasteiger partial charge < -0.3 is 10.5 Å². The van der Waals surface area contributed by atoms with Crippen LogP contribution in [0.4, 0.5) is 19.1 Å². The lowest BCUT2D eigenvalue weighted by atomic mass is 10.1. The van der Waals surface area contributed by atoms with Gasteiger partial charge in [0.05, 0.1) is 5.69 Å². The van der Waals surface area contributed by atoms with Crippen molar-refractivity contribution >= 4 is 5.95 Å². The summed E-state index contributed by atoms with van der Waals surface area (Å²) in [6.45, 7) is -1.42. The second kappa shape index (κ2) is 5.13. The minimum atomic E-state index is -4.42. The van der Waals surface area contributed by atoms with E-state index in [0.29, 0.717) is 11.3 Å². The predicted molar refractivity (Wildman–Crippen MR) is 63.4 cm³/mol. The van der Waals surface area contributed by atoms with E-state index in [4.69, 9.17) is 5.73 Å². The summed E-state index contributed by atoms with van der Waals surface area (Å²) in [6.07, 6.45) is -4.42. The second-order valence-electron chi connectivity index (χ2n) is 3.72. The second-order valence-corrected chi connectivity index (χ2v) is 3.72. The topological polar surface area (TPSA) is 61.0 Å². The number of hydrogen-bond acceptors (Lipinski definition) is 4. The van der Waals surface area contributed by atoms with Crippen LogP contribution in [0, 0.1) is 0 Å². The number of hydrogen-bond donors (Lipinski definition) is 1. The molecular weight excluding hydrogens is 259 g/mol. The molecule has 1 aromatic heterocycles. The van der Waals surface area contributed by atoms with Crippen molar-refractivity contribution in [1.29, 1.82) is 0 Å². The number of rotatable bonds is 3. The first-order chi connectivity index (χ1) is 8.94. The number of ether oxygens (including phenoxy) is 1. The Hall–Kier alpha value is -2.31. The van der Waals surface area contributed by atoms with E-state index in [0.717, 1.165) is 0 Å². The van der Waals surface area contributed by atoms with Crippen molar-refractivity contribution < 1.29 is 17.9 Å². The molecule has 2 rings (SSSR count). The molecule has 0 spiro atoms. The fourth-order valence-corrected chi connectivity index (χ4v) is 1.43. The minimum Gasteiger partial charge on any atom is -0.468 e. The van der Waals surface area contributed by atoms with Crippen LogP contribution in [0.25, 0.3) is 11.3 Å². The molecular formula is C12H10F3N3O. The molecule has 19 heavy (non-hydrogen) atoms. The summed E-state index contributed by atoms with van der Waals surface area (Å²) in [5, 5.41) is 0. The van der Waals surface area contributed by atoms with Crippen LogP contribution >= 0.6 is 0 Å². The highest BCUT2D eigenvalue weighted by atomic mass is 19.4. The zero-order valence-electron chi connectivity index (χ0n) is 9.69. The van der Waals surface area contributed by atoms with Crippen molar-refractivity contribution in [3.63, 3.8) is 0 Å². The standard InChI is InChI=1S/C12H10F3N3O/c13-12(14,15)7-19-10-6-9(17-11(16)18-10)8-4-2-1-3-5-8/h1-6H,7H2,(H2,16,17,18). The number of alkyl halides is 3. The number of nitrogens with zero attached hydrogens (tertiary/aromatic N) is 2. The highest BCUT2D eigenvalue weighted by Crippen LogP contribution is 2.23. The third kappa shape index (κ3) is 3.84. The van der Waals surface area contributed by atoms with Gasteiger partial charge >= 0.3 is 6.18 Å². The van der Waals surface area contributed by atoms with Crippen LogP contribution in [-0.4, -0.2) is 22.8 Å². The number of anilines is 1. The van der Waals surface area contributed by atoms with Gasteiger partial charge in [0.15, 0.2) is 6.61 Å². The molecule has 0 bridgehead atoms. The van der Waals surface area contributed by atoms with Gasteiger partial charge in [0.2, 0.25) is 11.8 Å². The van der Waals surface area contributed by atoms with Gasteiger partial charge in [-0.25, -0.2) is 4.98 Å². The van der Waals surface area contributed by atoms with Crippen molar-refractivity contribution in [2.24, 2.45) is 0 Å². The third-order valence-corrected chi connectivity index (χ3v) is 2.17. The number of halogens is 3. The van der Waals surface area contributed by atoms with Gasteiger partial charge in [-0.1, -0.05) is 30.3 Å². The Bertz CT molecular complexity index is 558. The Balaban J connectivity index is 2.25. The lowest BCUT2D eigenvalue weighted by Crippen LogP contribution is -2.20. The van der Waals surface area contributed by atoms with Crippen LogP contribution < -0.4 is 10.5 Å². The van der Waals surface area contributed by atoms with E-state index in [1.54, 1.807) is 24.3 Å². The number of nitrogens with two attached hydrogens (primary N) is 1. The summed E-state index contributed by atoms with van der Waals surface area (Å²) in [6, 6.07) is 10.2. The minimum absolute atomic E-state index is 0.140. The van der Waals surface area contributed by atoms with E-state index in [1.807, 2.05) is 6.07 Å². The molecule has 0 radical (unpaired) electrons. The van der Waals surface area contributed by atoms with Crippen molar-refractivity contribution in [2.75, 3.05) is 12.3 Å². The molecule has 7 heteroatoms. The van der Waals surface area contributed by atoms with Crippen LogP contribution in [0.15, 0.2) is 36.4 Å². The summed E-state index contributed by atoms with van der Waals surface area (Å²) in [4.78, 5) is 7.56. The summed E-state index contributed by atoms with van der Waals surface area (Å²) < 4.78 is 40.8. The van der Waals surface area contributed by atoms with E-state index in [9.17, 15) is 13.2 Å². The van der Waals surface area contributed by atoms with E-state index in [1.165, 1.54) is 6.07 Å². The molecule has 0 saturated heterocycles. The largest absolute Gasteiger partial charge is 0.468 e. The van der Waals surface area contributed by atoms with Gasteiger partial charge in [-0.2, -0.15) is 18.2 Å². The van der Waals surface area contributed by atoms with E-state index in [2.05, 4.69) is 14.7 Å². The van der Waals surface area contributed by atoms with Crippen LogP contribution in [0.5, 0.6) is 5.88 Å². The lowest BCUT2D eigenvalue weighted by Gasteiger charge is -2.09. The zero-order chi connectivity index (χ0) is 13.9. The molecule has 1 aromatic carbocycles. The first kappa shape index (κ1) is 13.1. The molecule has 0 aliphatic carbocycles. The first-order valence-corrected chi connectivity index (χ1v) is 5.33. The van der Waals surface area contributed by atoms with E-state index in [-0.39, 0.29) is 11.8 Å². The van der Waals surface area contributed by atoms with Crippen LogP contribution in [0.1, 0.15) is 0 Å². The molecule has 100 valence electrons. The Kier molecular flexibility index (Phi) is 3.55. The summed E-state index contributed by atoms with van der Waals surface area (Å²) in [5.41, 5.74) is 6.58. The van der Waals surface area contributed by atoms with Gasteiger partial charge in [-0.05, 0) is 0 Å². The molecule has 4 nitrogen and oxygen atoms in total. The summed E-state index contributed by atoms with van der Waals surface area (Å²) >= 11 is 0. The maximum atomic E-state index is 12.1. The molecule has 2 N–H and O–H groups in total. The Morgan fingerprint density at radius 3 is 2.42 bits per heavy atom. The molecule has 0 aliphatic heterocycles. The summed E-state index contributed by atoms with van der Waals surface area (Å²) in [7, 11) is 0. The third-order valence-electron chi connectivity index (χ3n) is 2.17. The van der Waals surface area contributed by atoms with Gasteiger partial charge in [0.1, 0.15) is 0 Å². The average molecular weight is 269 g/mol. The van der Waals surface area contributed by atoms with Crippen molar-refractivity contribution in [3.8, 4) is 17.1 Å². The van der Waals surface area contributed by atoms with Crippen LogP contribution in [-0.2, 0) is 0 Å². The van der Waals surface area contributed by atoms with Crippen LogP contribution in [0.2, 0.25) is 0 Å². The Morgan fingerprint density at radius 1 is 1.11 bits per heavy atom. The zero-order valence-corrected chi connectivity index (χ0v) is 9.69. The fraction of sp³-hybridized carbons (Fsp3) is 0.167. The Morgan fingerprint density at radius 2 is 1.79 bits per heavy atom. The van der Waals surface area contributed by atoms with E-state index >= 15 is 0 Å². The molecule has 0 saturated carbocycles. The normalized spacial score (nSPS) is 11.3. The highest BCUT2D eigenvalue weighted by Gasteiger charge is 2.28. The smallest absolute Gasteiger partial charge is 0.422 e. The predicted octanol–water partition coefficient (Wildman–Crippen LogP) is 2.67. The molecule has 1 heterocycles. The van der Waals surface area contributed by atoms with Gasteiger partial charge in [0.25, 0.3) is 0 Å².